The van der Waals surface area contributed by atoms with Crippen LogP contribution in [0.3, 0.4) is 0 Å². The second-order valence-electron chi connectivity index (χ2n) is 3.25. The Bertz CT molecular complexity index is 304. The van der Waals surface area contributed by atoms with Gasteiger partial charge < -0.3 is 9.47 Å². The number of rotatable bonds is 4. The highest BCUT2D eigenvalue weighted by Gasteiger charge is 2.22. The zero-order valence-corrected chi connectivity index (χ0v) is 7.81. The third-order valence-corrected chi connectivity index (χ3v) is 2.08. The van der Waals surface area contributed by atoms with Crippen LogP contribution in [0.15, 0.2) is 30.3 Å². The van der Waals surface area contributed by atoms with Crippen LogP contribution in [-0.2, 0) is 9.47 Å². The first-order valence-electron chi connectivity index (χ1n) is 4.70. The van der Waals surface area contributed by atoms with E-state index in [4.69, 9.17) is 9.47 Å². The standard InChI is InChI=1S/C11H12O3/c12-11(9-4-2-1-3-5-9)13-7-6-10-8-14-10/h1-5,10H,6-8H2. The molecule has 1 saturated heterocycles. The van der Waals surface area contributed by atoms with Gasteiger partial charge in [0.05, 0.1) is 24.9 Å². The van der Waals surface area contributed by atoms with Gasteiger partial charge in [0.15, 0.2) is 0 Å². The van der Waals surface area contributed by atoms with E-state index < -0.39 is 0 Å². The summed E-state index contributed by atoms with van der Waals surface area (Å²) in [4.78, 5) is 11.4. The van der Waals surface area contributed by atoms with Crippen molar-refractivity contribution in [1.82, 2.24) is 0 Å². The van der Waals surface area contributed by atoms with E-state index >= 15 is 0 Å². The largest absolute Gasteiger partial charge is 0.462 e. The quantitative estimate of drug-likeness (QED) is 0.537. The molecule has 1 heterocycles. The summed E-state index contributed by atoms with van der Waals surface area (Å²) in [5.74, 6) is -0.258. The Labute approximate surface area is 82.6 Å². The number of carbonyl (C=O) groups excluding carboxylic acids is 1. The van der Waals surface area contributed by atoms with Crippen LogP contribution < -0.4 is 0 Å². The molecule has 1 unspecified atom stereocenters. The molecule has 0 radical (unpaired) electrons. The Balaban J connectivity index is 1.77. The number of benzene rings is 1. The minimum atomic E-state index is -0.258. The highest BCUT2D eigenvalue weighted by atomic mass is 16.6. The normalized spacial score (nSPS) is 19.0. The molecule has 1 aliphatic heterocycles. The van der Waals surface area contributed by atoms with Gasteiger partial charge in [-0.05, 0) is 12.1 Å². The van der Waals surface area contributed by atoms with Crippen LogP contribution in [-0.4, -0.2) is 25.3 Å². The number of carbonyl (C=O) groups is 1. The zero-order chi connectivity index (χ0) is 9.80. The first kappa shape index (κ1) is 9.21. The first-order valence-corrected chi connectivity index (χ1v) is 4.70. The lowest BCUT2D eigenvalue weighted by atomic mass is 10.2. The Kier molecular flexibility index (Phi) is 2.79. The molecule has 1 fully saturated rings. The van der Waals surface area contributed by atoms with E-state index in [9.17, 15) is 4.79 Å². The van der Waals surface area contributed by atoms with E-state index in [0.29, 0.717) is 18.3 Å². The maximum absolute atomic E-state index is 11.4. The maximum atomic E-state index is 11.4. The summed E-state index contributed by atoms with van der Waals surface area (Å²) >= 11 is 0. The average molecular weight is 192 g/mol. The molecule has 0 N–H and O–H groups in total. The van der Waals surface area contributed by atoms with Crippen molar-refractivity contribution >= 4 is 5.97 Å². The van der Waals surface area contributed by atoms with Crippen molar-refractivity contribution < 1.29 is 14.3 Å². The molecule has 2 rings (SSSR count). The smallest absolute Gasteiger partial charge is 0.338 e. The number of ether oxygens (including phenoxy) is 2. The summed E-state index contributed by atoms with van der Waals surface area (Å²) in [6.45, 7) is 1.25. The van der Waals surface area contributed by atoms with Crippen LogP contribution in [0.4, 0.5) is 0 Å². The van der Waals surface area contributed by atoms with E-state index in [1.165, 1.54) is 0 Å². The van der Waals surface area contributed by atoms with Gasteiger partial charge in [-0.15, -0.1) is 0 Å². The molecule has 1 aromatic rings. The second kappa shape index (κ2) is 4.24. The van der Waals surface area contributed by atoms with E-state index in [1.54, 1.807) is 12.1 Å². The zero-order valence-electron chi connectivity index (χ0n) is 7.81. The van der Waals surface area contributed by atoms with Crippen molar-refractivity contribution in [2.45, 2.75) is 12.5 Å². The van der Waals surface area contributed by atoms with Gasteiger partial charge in [-0.1, -0.05) is 18.2 Å². The molecule has 3 heteroatoms. The van der Waals surface area contributed by atoms with Crippen LogP contribution >= 0.6 is 0 Å². The van der Waals surface area contributed by atoms with Crippen LogP contribution in [0.1, 0.15) is 16.8 Å². The van der Waals surface area contributed by atoms with Gasteiger partial charge in [0.1, 0.15) is 0 Å². The first-order chi connectivity index (χ1) is 6.86. The summed E-state index contributed by atoms with van der Waals surface area (Å²) in [5, 5.41) is 0. The van der Waals surface area contributed by atoms with Gasteiger partial charge in [0, 0.05) is 6.42 Å². The fourth-order valence-corrected chi connectivity index (χ4v) is 1.18. The van der Waals surface area contributed by atoms with Crippen LogP contribution in [0.25, 0.3) is 0 Å². The lowest BCUT2D eigenvalue weighted by Gasteiger charge is -2.02. The molecule has 74 valence electrons. The third-order valence-electron chi connectivity index (χ3n) is 2.08. The van der Waals surface area contributed by atoms with E-state index in [1.807, 2.05) is 18.2 Å². The highest BCUT2D eigenvalue weighted by molar-refractivity contribution is 5.89. The van der Waals surface area contributed by atoms with Crippen molar-refractivity contribution in [2.75, 3.05) is 13.2 Å². The van der Waals surface area contributed by atoms with Gasteiger partial charge in [-0.2, -0.15) is 0 Å². The molecule has 0 aliphatic carbocycles. The van der Waals surface area contributed by atoms with Gasteiger partial charge in [0.2, 0.25) is 0 Å². The Morgan fingerprint density at radius 2 is 2.14 bits per heavy atom. The van der Waals surface area contributed by atoms with Gasteiger partial charge >= 0.3 is 5.97 Å². The summed E-state index contributed by atoms with van der Waals surface area (Å²) in [6.07, 6.45) is 1.12. The minimum Gasteiger partial charge on any atom is -0.462 e. The van der Waals surface area contributed by atoms with Crippen LogP contribution in [0.5, 0.6) is 0 Å². The minimum absolute atomic E-state index is 0.258. The van der Waals surface area contributed by atoms with E-state index in [0.717, 1.165) is 13.0 Å². The predicted octanol–water partition coefficient (Wildman–Crippen LogP) is 1.63. The van der Waals surface area contributed by atoms with Gasteiger partial charge in [-0.25, -0.2) is 4.79 Å². The maximum Gasteiger partial charge on any atom is 0.338 e. The number of hydrogen-bond donors (Lipinski definition) is 0. The summed E-state index contributed by atoms with van der Waals surface area (Å²) in [5.41, 5.74) is 0.601. The SMILES string of the molecule is O=C(OCCC1CO1)c1ccccc1. The average Bonchev–Trinajstić information content (AvgIpc) is 3.03. The fraction of sp³-hybridized carbons (Fsp3) is 0.364. The van der Waals surface area contributed by atoms with Gasteiger partial charge in [0.25, 0.3) is 0 Å². The lowest BCUT2D eigenvalue weighted by Crippen LogP contribution is -2.07. The monoisotopic (exact) mass is 192 g/mol. The Morgan fingerprint density at radius 1 is 1.43 bits per heavy atom. The Morgan fingerprint density at radius 3 is 2.79 bits per heavy atom. The molecule has 1 aromatic carbocycles. The molecule has 0 amide bonds. The van der Waals surface area contributed by atoms with Crippen molar-refractivity contribution in [1.29, 1.82) is 0 Å². The number of epoxide rings is 1. The molecule has 14 heavy (non-hydrogen) atoms. The molecule has 1 atom stereocenters. The van der Waals surface area contributed by atoms with E-state index in [-0.39, 0.29) is 5.97 Å². The topological polar surface area (TPSA) is 38.8 Å². The highest BCUT2D eigenvalue weighted by Crippen LogP contribution is 2.13. The Hall–Kier alpha value is -1.35. The van der Waals surface area contributed by atoms with Crippen molar-refractivity contribution in [3.8, 4) is 0 Å². The molecule has 1 aliphatic rings. The third kappa shape index (κ3) is 2.57. The van der Waals surface area contributed by atoms with Crippen LogP contribution in [0, 0.1) is 0 Å². The number of esters is 1. The molecular weight excluding hydrogens is 180 g/mol. The van der Waals surface area contributed by atoms with Crippen molar-refractivity contribution in [2.24, 2.45) is 0 Å². The molecule has 0 bridgehead atoms. The van der Waals surface area contributed by atoms with Gasteiger partial charge in [-0.3, -0.25) is 0 Å². The number of hydrogen-bond acceptors (Lipinski definition) is 3. The summed E-state index contributed by atoms with van der Waals surface area (Å²) < 4.78 is 10.1. The van der Waals surface area contributed by atoms with Crippen LogP contribution in [0.2, 0.25) is 0 Å². The molecule has 0 spiro atoms. The summed E-state index contributed by atoms with van der Waals surface area (Å²) in [6, 6.07) is 9.00. The summed E-state index contributed by atoms with van der Waals surface area (Å²) in [7, 11) is 0. The molecular formula is C11H12O3. The molecule has 0 aromatic heterocycles. The molecule has 0 saturated carbocycles. The van der Waals surface area contributed by atoms with Crippen molar-refractivity contribution in [3.63, 3.8) is 0 Å². The van der Waals surface area contributed by atoms with E-state index in [2.05, 4.69) is 0 Å². The van der Waals surface area contributed by atoms with Crippen molar-refractivity contribution in [3.05, 3.63) is 35.9 Å². The lowest BCUT2D eigenvalue weighted by molar-refractivity contribution is 0.0493. The molecule has 3 nitrogen and oxygen atoms in total. The fourth-order valence-electron chi connectivity index (χ4n) is 1.18. The predicted molar refractivity (Wildman–Crippen MR) is 51.1 cm³/mol. The second-order valence-corrected chi connectivity index (χ2v) is 3.25.